The van der Waals surface area contributed by atoms with Gasteiger partial charge in [-0.05, 0) is 18.9 Å². The summed E-state index contributed by atoms with van der Waals surface area (Å²) in [6.07, 6.45) is 2.27. The number of nitriles is 1. The van der Waals surface area contributed by atoms with Crippen LogP contribution in [0.15, 0.2) is 4.79 Å². The van der Waals surface area contributed by atoms with E-state index in [0.717, 1.165) is 12.8 Å². The number of anilines is 1. The highest BCUT2D eigenvalue weighted by atomic mass is 16.1. The molecule has 90 valence electrons. The predicted molar refractivity (Wildman–Crippen MR) is 64.9 cm³/mol. The van der Waals surface area contributed by atoms with Crippen LogP contribution in [0.2, 0.25) is 0 Å². The van der Waals surface area contributed by atoms with Crippen molar-refractivity contribution in [3.8, 4) is 6.07 Å². The van der Waals surface area contributed by atoms with Gasteiger partial charge in [0.05, 0.1) is 5.56 Å². The maximum atomic E-state index is 12.0. The van der Waals surface area contributed by atoms with E-state index in [0.29, 0.717) is 18.4 Å². The molecule has 0 unspecified atom stereocenters. The summed E-state index contributed by atoms with van der Waals surface area (Å²) in [6, 6.07) is 1.83. The Morgan fingerprint density at radius 1 is 1.53 bits per heavy atom. The van der Waals surface area contributed by atoms with Gasteiger partial charge in [0, 0.05) is 6.54 Å². The van der Waals surface area contributed by atoms with Crippen LogP contribution in [0.5, 0.6) is 0 Å². The zero-order chi connectivity index (χ0) is 13.0. The van der Waals surface area contributed by atoms with Crippen LogP contribution in [0.4, 0.5) is 5.82 Å². The molecule has 1 aromatic rings. The van der Waals surface area contributed by atoms with E-state index in [-0.39, 0.29) is 16.9 Å². The molecule has 0 atom stereocenters. The van der Waals surface area contributed by atoms with E-state index in [4.69, 9.17) is 11.0 Å². The number of carbonyl (C=O) groups excluding carboxylic acids is 1. The lowest BCUT2D eigenvalue weighted by Crippen LogP contribution is -2.28. The first-order chi connectivity index (χ1) is 8.08. The number of hydrogen-bond donors (Lipinski definition) is 1. The minimum absolute atomic E-state index is 0.00240. The van der Waals surface area contributed by atoms with Crippen molar-refractivity contribution in [3.05, 3.63) is 27.0 Å². The van der Waals surface area contributed by atoms with E-state index in [9.17, 15) is 9.59 Å². The van der Waals surface area contributed by atoms with E-state index in [1.54, 1.807) is 6.92 Å². The van der Waals surface area contributed by atoms with Gasteiger partial charge in [-0.3, -0.25) is 14.2 Å². The molecule has 2 N–H and O–H groups in total. The molecule has 1 aromatic heterocycles. The van der Waals surface area contributed by atoms with E-state index < -0.39 is 5.56 Å². The normalized spacial score (nSPS) is 9.94. The Labute approximate surface area is 99.5 Å². The van der Waals surface area contributed by atoms with E-state index in [1.807, 2.05) is 13.0 Å². The Balaban J connectivity index is 3.55. The largest absolute Gasteiger partial charge is 0.384 e. The van der Waals surface area contributed by atoms with Gasteiger partial charge in [0.25, 0.3) is 5.56 Å². The number of aromatic nitrogens is 1. The Bertz CT molecular complexity index is 538. The fourth-order valence-electron chi connectivity index (χ4n) is 1.70. The quantitative estimate of drug-likeness (QED) is 0.792. The summed E-state index contributed by atoms with van der Waals surface area (Å²) < 4.78 is 1.30. The molecule has 0 spiro atoms. The molecule has 0 saturated heterocycles. The van der Waals surface area contributed by atoms with Crippen LogP contribution in [0.25, 0.3) is 0 Å². The van der Waals surface area contributed by atoms with Gasteiger partial charge < -0.3 is 5.73 Å². The predicted octanol–water partition coefficient (Wildman–Crippen LogP) is 1.22. The first-order valence-electron chi connectivity index (χ1n) is 5.46. The van der Waals surface area contributed by atoms with Gasteiger partial charge in [-0.2, -0.15) is 5.26 Å². The van der Waals surface area contributed by atoms with Crippen molar-refractivity contribution in [2.75, 3.05) is 5.73 Å². The third kappa shape index (κ3) is 2.21. The van der Waals surface area contributed by atoms with Crippen molar-refractivity contribution < 1.29 is 4.79 Å². The van der Waals surface area contributed by atoms with E-state index >= 15 is 0 Å². The van der Waals surface area contributed by atoms with Gasteiger partial charge >= 0.3 is 0 Å². The number of pyridine rings is 1. The van der Waals surface area contributed by atoms with Crippen LogP contribution in [0.3, 0.4) is 0 Å². The van der Waals surface area contributed by atoms with Gasteiger partial charge in [0.2, 0.25) is 0 Å². The molecule has 5 heteroatoms. The summed E-state index contributed by atoms with van der Waals surface area (Å²) in [7, 11) is 0. The fraction of sp³-hybridized carbons (Fsp3) is 0.417. The molecule has 0 aliphatic carbocycles. The number of aldehydes is 1. The molecular formula is C12H15N3O2. The molecule has 1 heterocycles. The minimum atomic E-state index is -0.415. The Morgan fingerprint density at radius 3 is 2.65 bits per heavy atom. The van der Waals surface area contributed by atoms with Crippen molar-refractivity contribution in [1.29, 1.82) is 5.26 Å². The van der Waals surface area contributed by atoms with Crippen LogP contribution in [-0.2, 0) is 6.54 Å². The van der Waals surface area contributed by atoms with E-state index in [2.05, 4.69) is 0 Å². The monoisotopic (exact) mass is 233 g/mol. The molecular weight excluding hydrogens is 218 g/mol. The van der Waals surface area contributed by atoms with Gasteiger partial charge in [0.15, 0.2) is 6.29 Å². The maximum absolute atomic E-state index is 12.0. The van der Waals surface area contributed by atoms with Crippen LogP contribution in [0.1, 0.15) is 41.3 Å². The highest BCUT2D eigenvalue weighted by molar-refractivity contribution is 5.85. The molecule has 0 bridgehead atoms. The fourth-order valence-corrected chi connectivity index (χ4v) is 1.70. The number of nitrogens with zero attached hydrogens (tertiary/aromatic N) is 2. The zero-order valence-electron chi connectivity index (χ0n) is 9.99. The standard InChI is InChI=1S/C12H15N3O2/c1-3-4-5-15-11(14)10(7-16)8(2)9(6-13)12(15)17/h7H,3-5,14H2,1-2H3. The smallest absolute Gasteiger partial charge is 0.270 e. The number of nitrogen functional groups attached to an aromatic ring is 1. The number of rotatable bonds is 4. The number of nitrogens with two attached hydrogens (primary N) is 1. The second-order valence-electron chi connectivity index (χ2n) is 3.84. The number of hydrogen-bond acceptors (Lipinski definition) is 4. The average molecular weight is 233 g/mol. The lowest BCUT2D eigenvalue weighted by Gasteiger charge is -2.13. The Morgan fingerprint density at radius 2 is 2.18 bits per heavy atom. The second-order valence-corrected chi connectivity index (χ2v) is 3.84. The summed E-state index contributed by atoms with van der Waals surface area (Å²) in [6.45, 7) is 3.97. The van der Waals surface area contributed by atoms with Crippen molar-refractivity contribution in [2.24, 2.45) is 0 Å². The lowest BCUT2D eigenvalue weighted by atomic mass is 10.1. The molecule has 0 fully saturated rings. The summed E-state index contributed by atoms with van der Waals surface area (Å²) in [4.78, 5) is 22.9. The van der Waals surface area contributed by atoms with Crippen molar-refractivity contribution >= 4 is 12.1 Å². The van der Waals surface area contributed by atoms with Crippen LogP contribution in [-0.4, -0.2) is 10.9 Å². The summed E-state index contributed by atoms with van der Waals surface area (Å²) in [5.41, 5.74) is 5.96. The third-order valence-corrected chi connectivity index (χ3v) is 2.77. The Kier molecular flexibility index (Phi) is 4.05. The minimum Gasteiger partial charge on any atom is -0.384 e. The van der Waals surface area contributed by atoms with Gasteiger partial charge in [-0.25, -0.2) is 0 Å². The van der Waals surface area contributed by atoms with Gasteiger partial charge in [-0.15, -0.1) is 0 Å². The first-order valence-corrected chi connectivity index (χ1v) is 5.46. The van der Waals surface area contributed by atoms with Crippen molar-refractivity contribution in [2.45, 2.75) is 33.2 Å². The van der Waals surface area contributed by atoms with Crippen molar-refractivity contribution in [1.82, 2.24) is 4.57 Å². The van der Waals surface area contributed by atoms with E-state index in [1.165, 1.54) is 4.57 Å². The topological polar surface area (TPSA) is 88.9 Å². The third-order valence-electron chi connectivity index (χ3n) is 2.77. The highest BCUT2D eigenvalue weighted by Crippen LogP contribution is 2.15. The summed E-state index contributed by atoms with van der Waals surface area (Å²) in [5, 5.41) is 8.94. The van der Waals surface area contributed by atoms with Crippen LogP contribution < -0.4 is 11.3 Å². The molecule has 0 aliphatic heterocycles. The van der Waals surface area contributed by atoms with Gasteiger partial charge in [0.1, 0.15) is 17.5 Å². The van der Waals surface area contributed by atoms with Gasteiger partial charge in [-0.1, -0.05) is 13.3 Å². The average Bonchev–Trinajstić information content (AvgIpc) is 2.30. The zero-order valence-corrected chi connectivity index (χ0v) is 9.99. The molecule has 0 saturated carbocycles. The second kappa shape index (κ2) is 5.30. The Hall–Kier alpha value is -2.09. The molecule has 0 radical (unpaired) electrons. The molecule has 1 rings (SSSR count). The van der Waals surface area contributed by atoms with Crippen LogP contribution in [0, 0.1) is 18.3 Å². The van der Waals surface area contributed by atoms with Crippen molar-refractivity contribution in [3.63, 3.8) is 0 Å². The molecule has 17 heavy (non-hydrogen) atoms. The molecule has 0 aromatic carbocycles. The number of carbonyl (C=O) groups is 1. The summed E-state index contributed by atoms with van der Waals surface area (Å²) in [5.74, 6) is 0.148. The van der Waals surface area contributed by atoms with Crippen LogP contribution >= 0.6 is 0 Å². The maximum Gasteiger partial charge on any atom is 0.270 e. The molecule has 0 aliphatic rings. The lowest BCUT2D eigenvalue weighted by molar-refractivity contribution is 0.112. The first kappa shape index (κ1) is 13.0. The molecule has 5 nitrogen and oxygen atoms in total. The molecule has 0 amide bonds. The SMILES string of the molecule is CCCCn1c(N)c(C=O)c(C)c(C#N)c1=O. The highest BCUT2D eigenvalue weighted by Gasteiger charge is 2.16. The number of unbranched alkanes of at least 4 members (excludes halogenated alkanes) is 1. The summed E-state index contributed by atoms with van der Waals surface area (Å²) >= 11 is 0.